The second kappa shape index (κ2) is 10.8. The smallest absolute Gasteiger partial charge is 0.242 e. The number of nitrogens with one attached hydrogen (secondary N) is 1. The van der Waals surface area contributed by atoms with Crippen molar-refractivity contribution in [3.63, 3.8) is 0 Å². The minimum Gasteiger partial charge on any atom is -0.370 e. The predicted molar refractivity (Wildman–Crippen MR) is 136 cm³/mol. The first kappa shape index (κ1) is 24.0. The van der Waals surface area contributed by atoms with Gasteiger partial charge in [-0.15, -0.1) is 35.3 Å². The molecule has 2 aliphatic heterocycles. The van der Waals surface area contributed by atoms with E-state index >= 15 is 0 Å². The van der Waals surface area contributed by atoms with Crippen molar-refractivity contribution in [1.29, 1.82) is 0 Å². The van der Waals surface area contributed by atoms with Crippen LogP contribution in [0.25, 0.3) is 0 Å². The van der Waals surface area contributed by atoms with Crippen LogP contribution in [0, 0.1) is 13.8 Å². The van der Waals surface area contributed by atoms with Crippen molar-refractivity contribution in [3.8, 4) is 0 Å². The number of rotatable bonds is 3. The molecule has 3 heterocycles. The number of benzene rings is 1. The lowest BCUT2D eigenvalue weighted by molar-refractivity contribution is -0.130. The highest BCUT2D eigenvalue weighted by atomic mass is 127. The fraction of sp³-hybridized carbons (Fsp3) is 0.478. The van der Waals surface area contributed by atoms with Crippen molar-refractivity contribution in [2.24, 2.45) is 4.99 Å². The van der Waals surface area contributed by atoms with E-state index in [0.29, 0.717) is 13.2 Å². The lowest BCUT2D eigenvalue weighted by atomic mass is 10.00. The Balaban J connectivity index is 0.00000272. The molecule has 0 aliphatic carbocycles. The molecular weight excluding hydrogens is 523 g/mol. The zero-order chi connectivity index (χ0) is 21.1. The Morgan fingerprint density at radius 2 is 2.10 bits per heavy atom. The average Bonchev–Trinajstić information content (AvgIpc) is 3.22. The van der Waals surface area contributed by atoms with Gasteiger partial charge in [-0.1, -0.05) is 23.8 Å². The summed E-state index contributed by atoms with van der Waals surface area (Å²) < 4.78 is 6.06. The first-order valence-electron chi connectivity index (χ1n) is 10.5. The Bertz CT molecular complexity index is 945. The average molecular weight is 554 g/mol. The number of guanidine groups is 1. The number of morpholine rings is 1. The molecule has 0 bridgehead atoms. The van der Waals surface area contributed by atoms with Crippen molar-refractivity contribution in [2.75, 3.05) is 39.8 Å². The third kappa shape index (κ3) is 5.59. The van der Waals surface area contributed by atoms with Crippen LogP contribution in [-0.4, -0.2) is 61.5 Å². The van der Waals surface area contributed by atoms with Gasteiger partial charge in [0.05, 0.1) is 19.7 Å². The fourth-order valence-electron chi connectivity index (χ4n) is 4.28. The Morgan fingerprint density at radius 3 is 2.87 bits per heavy atom. The summed E-state index contributed by atoms with van der Waals surface area (Å²) in [5.41, 5.74) is 5.01. The topological polar surface area (TPSA) is 57.2 Å². The van der Waals surface area contributed by atoms with Gasteiger partial charge in [0.25, 0.3) is 0 Å². The summed E-state index contributed by atoms with van der Waals surface area (Å²) in [6.45, 7) is 8.13. The van der Waals surface area contributed by atoms with E-state index in [1.54, 1.807) is 18.4 Å². The molecule has 0 radical (unpaired) electrons. The molecule has 1 saturated heterocycles. The molecule has 0 saturated carbocycles. The molecule has 1 atom stereocenters. The number of ether oxygens (including phenoxy) is 1. The van der Waals surface area contributed by atoms with Gasteiger partial charge in [-0.2, -0.15) is 0 Å². The van der Waals surface area contributed by atoms with Gasteiger partial charge in [-0.25, -0.2) is 0 Å². The van der Waals surface area contributed by atoms with Crippen molar-refractivity contribution in [3.05, 3.63) is 56.8 Å². The monoisotopic (exact) mass is 554 g/mol. The molecular formula is C23H31IN4O2S. The maximum atomic E-state index is 12.8. The first-order valence-corrected chi connectivity index (χ1v) is 11.4. The molecule has 1 aromatic carbocycles. The molecule has 2 aliphatic rings. The SMILES string of the molecule is CN=C(NCC(=O)N1CCc2sccc2C1)N1CCOC(c2ccc(C)cc2C)C1.I. The first-order chi connectivity index (χ1) is 14.5. The Kier molecular flexibility index (Phi) is 8.35. The van der Waals surface area contributed by atoms with Crippen LogP contribution in [0.4, 0.5) is 0 Å². The van der Waals surface area contributed by atoms with E-state index in [2.05, 4.69) is 58.7 Å². The molecule has 1 fully saturated rings. The van der Waals surface area contributed by atoms with Gasteiger partial charge in [0.2, 0.25) is 5.91 Å². The summed E-state index contributed by atoms with van der Waals surface area (Å²) in [5.74, 6) is 0.877. The summed E-state index contributed by atoms with van der Waals surface area (Å²) >= 11 is 1.79. The summed E-state index contributed by atoms with van der Waals surface area (Å²) in [6.07, 6.45) is 0.960. The van der Waals surface area contributed by atoms with Crippen LogP contribution < -0.4 is 5.32 Å². The quantitative estimate of drug-likeness (QED) is 0.359. The Morgan fingerprint density at radius 1 is 1.26 bits per heavy atom. The number of aryl methyl sites for hydroxylation is 2. The van der Waals surface area contributed by atoms with E-state index in [0.717, 1.165) is 32.0 Å². The summed E-state index contributed by atoms with van der Waals surface area (Å²) in [7, 11) is 1.77. The van der Waals surface area contributed by atoms with E-state index in [1.165, 1.54) is 27.1 Å². The number of carbonyl (C=O) groups is 1. The molecule has 31 heavy (non-hydrogen) atoms. The maximum absolute atomic E-state index is 12.8. The van der Waals surface area contributed by atoms with E-state index in [1.807, 2.05) is 4.90 Å². The van der Waals surface area contributed by atoms with Gasteiger partial charge in [0.1, 0.15) is 6.10 Å². The van der Waals surface area contributed by atoms with Gasteiger partial charge in [-0.3, -0.25) is 9.79 Å². The molecule has 168 valence electrons. The molecule has 6 nitrogen and oxygen atoms in total. The largest absolute Gasteiger partial charge is 0.370 e. The zero-order valence-electron chi connectivity index (χ0n) is 18.4. The van der Waals surface area contributed by atoms with Crippen LogP contribution in [-0.2, 0) is 22.5 Å². The number of fused-ring (bicyclic) bond motifs is 1. The number of hydrogen-bond acceptors (Lipinski definition) is 4. The number of halogens is 1. The van der Waals surface area contributed by atoms with E-state index in [9.17, 15) is 4.79 Å². The van der Waals surface area contributed by atoms with Crippen molar-refractivity contribution < 1.29 is 9.53 Å². The highest BCUT2D eigenvalue weighted by molar-refractivity contribution is 14.0. The normalized spacial score (nSPS) is 18.9. The number of aliphatic imine (C=N–C) groups is 1. The molecule has 1 N–H and O–H groups in total. The number of nitrogens with zero attached hydrogens (tertiary/aromatic N) is 3. The fourth-order valence-corrected chi connectivity index (χ4v) is 5.17. The van der Waals surface area contributed by atoms with Gasteiger partial charge in [0.15, 0.2) is 5.96 Å². The highest BCUT2D eigenvalue weighted by Gasteiger charge is 2.26. The van der Waals surface area contributed by atoms with Crippen molar-refractivity contribution >= 4 is 47.2 Å². The lowest BCUT2D eigenvalue weighted by Crippen LogP contribution is -2.51. The minimum absolute atomic E-state index is 0. The van der Waals surface area contributed by atoms with Crippen LogP contribution in [0.2, 0.25) is 0 Å². The Labute approximate surface area is 205 Å². The second-order valence-corrected chi connectivity index (χ2v) is 9.00. The standard InChI is InChI=1S/C23H30N4O2S.HI/c1-16-4-5-19(17(2)12-16)20-15-27(9-10-29-20)23(24-3)25-13-22(28)26-8-6-21-18(14-26)7-11-30-21;/h4-5,7,11-12,20H,6,8-10,13-15H2,1-3H3,(H,24,25);1H. The van der Waals surface area contributed by atoms with E-state index < -0.39 is 0 Å². The summed E-state index contributed by atoms with van der Waals surface area (Å²) in [6, 6.07) is 8.62. The summed E-state index contributed by atoms with van der Waals surface area (Å²) in [5, 5.41) is 5.40. The van der Waals surface area contributed by atoms with E-state index in [4.69, 9.17) is 4.74 Å². The molecule has 2 aromatic rings. The van der Waals surface area contributed by atoms with Crippen LogP contribution in [0.1, 0.15) is 33.2 Å². The second-order valence-electron chi connectivity index (χ2n) is 8.00. The zero-order valence-corrected chi connectivity index (χ0v) is 21.5. The maximum Gasteiger partial charge on any atom is 0.242 e. The van der Waals surface area contributed by atoms with E-state index in [-0.39, 0.29) is 42.5 Å². The third-order valence-electron chi connectivity index (χ3n) is 5.91. The number of hydrogen-bond donors (Lipinski definition) is 1. The molecule has 8 heteroatoms. The Hall–Kier alpha value is -1.65. The molecule has 1 amide bonds. The number of carbonyl (C=O) groups excluding carboxylic acids is 1. The molecule has 1 unspecified atom stereocenters. The van der Waals surface area contributed by atoms with Gasteiger partial charge in [0, 0.05) is 31.6 Å². The van der Waals surface area contributed by atoms with Crippen molar-refractivity contribution in [2.45, 2.75) is 32.9 Å². The van der Waals surface area contributed by atoms with Crippen LogP contribution >= 0.6 is 35.3 Å². The number of amides is 1. The minimum atomic E-state index is 0. The van der Waals surface area contributed by atoms with Crippen LogP contribution in [0.3, 0.4) is 0 Å². The van der Waals surface area contributed by atoms with Crippen molar-refractivity contribution in [1.82, 2.24) is 15.1 Å². The number of thiophene rings is 1. The van der Waals surface area contributed by atoms with Crippen LogP contribution in [0.15, 0.2) is 34.6 Å². The van der Waals surface area contributed by atoms with Crippen LogP contribution in [0.5, 0.6) is 0 Å². The van der Waals surface area contributed by atoms with Gasteiger partial charge in [-0.05, 0) is 48.4 Å². The predicted octanol–water partition coefficient (Wildman–Crippen LogP) is 3.52. The van der Waals surface area contributed by atoms with Gasteiger partial charge >= 0.3 is 0 Å². The third-order valence-corrected chi connectivity index (χ3v) is 6.93. The summed E-state index contributed by atoms with van der Waals surface area (Å²) in [4.78, 5) is 22.7. The highest BCUT2D eigenvalue weighted by Crippen LogP contribution is 2.26. The molecule has 0 spiro atoms. The van der Waals surface area contributed by atoms with Gasteiger partial charge < -0.3 is 19.9 Å². The lowest BCUT2D eigenvalue weighted by Gasteiger charge is -2.36. The molecule has 1 aromatic heterocycles. The molecule has 4 rings (SSSR count).